The van der Waals surface area contributed by atoms with Crippen LogP contribution in [-0.2, 0) is 55.8 Å². The summed E-state index contributed by atoms with van der Waals surface area (Å²) in [4.78, 5) is 0. The highest BCUT2D eigenvalue weighted by Gasteiger charge is 2.45. The first kappa shape index (κ1) is 35.1. The van der Waals surface area contributed by atoms with Crippen LogP contribution in [0.4, 0.5) is 0 Å². The summed E-state index contributed by atoms with van der Waals surface area (Å²) in [7, 11) is -15.6. The first-order valence-electron chi connectivity index (χ1n) is 11.4. The van der Waals surface area contributed by atoms with Crippen LogP contribution in [-0.4, -0.2) is 78.3 Å². The Hall–Kier alpha value is 0.120. The summed E-state index contributed by atoms with van der Waals surface area (Å²) in [5.74, 6) is -1.22. The van der Waals surface area contributed by atoms with E-state index in [1.807, 2.05) is 0 Å². The van der Waals surface area contributed by atoms with Crippen molar-refractivity contribution >= 4 is 35.4 Å². The fourth-order valence-electron chi connectivity index (χ4n) is 2.61. The van der Waals surface area contributed by atoms with Crippen LogP contribution in [0.15, 0.2) is 0 Å². The van der Waals surface area contributed by atoms with Crippen molar-refractivity contribution in [3.05, 3.63) is 0 Å². The van der Waals surface area contributed by atoms with Crippen molar-refractivity contribution in [3.63, 3.8) is 0 Å². The Morgan fingerprint density at radius 3 is 1.06 bits per heavy atom. The van der Waals surface area contributed by atoms with E-state index >= 15 is 0 Å². The van der Waals surface area contributed by atoms with Gasteiger partial charge in [0.15, 0.2) is 0 Å². The Morgan fingerprint density at radius 1 is 0.571 bits per heavy atom. The van der Waals surface area contributed by atoms with Gasteiger partial charge in [-0.1, -0.05) is 0 Å². The maximum absolute atomic E-state index is 12.9. The molecule has 0 aliphatic carbocycles. The lowest BCUT2D eigenvalue weighted by Gasteiger charge is -2.32. The minimum Gasteiger partial charge on any atom is -0.308 e. The third-order valence-electron chi connectivity index (χ3n) is 4.65. The highest BCUT2D eigenvalue weighted by Crippen LogP contribution is 2.60. The van der Waals surface area contributed by atoms with Gasteiger partial charge in [0, 0.05) is 0 Å². The van der Waals surface area contributed by atoms with Gasteiger partial charge in [0.05, 0.1) is 61.5 Å². The molecule has 0 amide bonds. The summed E-state index contributed by atoms with van der Waals surface area (Å²) < 4.78 is 106. The van der Waals surface area contributed by atoms with E-state index in [1.165, 1.54) is 27.7 Å². The lowest BCUT2D eigenvalue weighted by atomic mass is 10.2. The van der Waals surface area contributed by atoms with Gasteiger partial charge < -0.3 is 18.1 Å². The topological polar surface area (TPSA) is 158 Å². The molecule has 0 atom stereocenters. The van der Waals surface area contributed by atoms with E-state index in [1.54, 1.807) is 27.7 Å². The lowest BCUT2D eigenvalue weighted by molar-refractivity contribution is 0.180. The van der Waals surface area contributed by atoms with Gasteiger partial charge in [-0.25, -0.2) is 0 Å². The zero-order chi connectivity index (χ0) is 27.6. The molecule has 35 heavy (non-hydrogen) atoms. The molecular formula is C19H42O12P2S2. The zero-order valence-electron chi connectivity index (χ0n) is 22.0. The second-order valence-electron chi connectivity index (χ2n) is 8.69. The van der Waals surface area contributed by atoms with Crippen molar-refractivity contribution in [3.8, 4) is 0 Å². The molecule has 0 aromatic carbocycles. The van der Waals surface area contributed by atoms with Crippen molar-refractivity contribution in [2.75, 3.05) is 51.1 Å². The Balaban J connectivity index is 5.00. The third kappa shape index (κ3) is 11.2. The number of hydrogen-bond acceptors (Lipinski definition) is 12. The largest absolute Gasteiger partial charge is 0.338 e. The summed E-state index contributed by atoms with van der Waals surface area (Å²) >= 11 is 0. The Labute approximate surface area is 211 Å². The Morgan fingerprint density at radius 2 is 0.829 bits per heavy atom. The van der Waals surface area contributed by atoms with Gasteiger partial charge in [-0.2, -0.15) is 16.8 Å². The normalized spacial score (nSPS) is 14.4. The fourth-order valence-corrected chi connectivity index (χ4v) is 8.50. The molecule has 0 rings (SSSR count). The van der Waals surface area contributed by atoms with Gasteiger partial charge in [-0.05, 0) is 61.8 Å². The Kier molecular flexibility index (Phi) is 14.4. The van der Waals surface area contributed by atoms with Crippen LogP contribution >= 0.6 is 15.2 Å². The summed E-state index contributed by atoms with van der Waals surface area (Å²) in [6.45, 7) is 12.0. The third-order valence-corrected chi connectivity index (χ3v) is 12.8. The van der Waals surface area contributed by atoms with Crippen molar-refractivity contribution in [2.24, 2.45) is 0 Å². The van der Waals surface area contributed by atoms with Gasteiger partial charge in [0.25, 0.3) is 20.2 Å². The van der Waals surface area contributed by atoms with Crippen LogP contribution < -0.4 is 0 Å². The Bertz CT molecular complexity index is 849. The van der Waals surface area contributed by atoms with Gasteiger partial charge >= 0.3 is 15.2 Å². The molecular weight excluding hydrogens is 546 g/mol. The van der Waals surface area contributed by atoms with Crippen LogP contribution in [0.1, 0.15) is 61.8 Å². The number of rotatable bonds is 20. The molecule has 16 heteroatoms. The molecule has 0 radical (unpaired) electrons. The lowest BCUT2D eigenvalue weighted by Crippen LogP contribution is -2.32. The van der Waals surface area contributed by atoms with Crippen molar-refractivity contribution in [1.82, 2.24) is 0 Å². The average Bonchev–Trinajstić information content (AvgIpc) is 2.71. The molecule has 0 saturated carbocycles. The minimum absolute atomic E-state index is 0.104. The predicted octanol–water partition coefficient (Wildman–Crippen LogP) is 4.16. The smallest absolute Gasteiger partial charge is 0.308 e. The van der Waals surface area contributed by atoms with Crippen LogP contribution in [0.3, 0.4) is 0 Å². The van der Waals surface area contributed by atoms with Gasteiger partial charge in [0.1, 0.15) is 0 Å². The van der Waals surface area contributed by atoms with E-state index in [0.717, 1.165) is 0 Å². The van der Waals surface area contributed by atoms with Crippen molar-refractivity contribution in [2.45, 2.75) is 72.1 Å². The molecule has 0 heterocycles. The quantitative estimate of drug-likeness (QED) is 0.148. The second kappa shape index (κ2) is 14.3. The minimum atomic E-state index is -4.15. The van der Waals surface area contributed by atoms with E-state index < -0.39 is 70.5 Å². The first-order chi connectivity index (χ1) is 15.9. The molecule has 0 saturated heterocycles. The van der Waals surface area contributed by atoms with E-state index in [0.29, 0.717) is 0 Å². The van der Waals surface area contributed by atoms with Gasteiger partial charge in [-0.15, -0.1) is 0 Å². The molecule has 212 valence electrons. The molecule has 0 aliphatic rings. The second-order valence-corrected chi connectivity index (χ2v) is 17.7. The van der Waals surface area contributed by atoms with E-state index in [2.05, 4.69) is 0 Å². The summed E-state index contributed by atoms with van der Waals surface area (Å²) in [5.41, 5.74) is 0. The van der Waals surface area contributed by atoms with E-state index in [-0.39, 0.29) is 32.8 Å². The molecule has 0 aromatic heterocycles. The van der Waals surface area contributed by atoms with E-state index in [9.17, 15) is 26.0 Å². The molecule has 12 nitrogen and oxygen atoms in total. The molecule has 0 spiro atoms. The SMILES string of the molecule is CCOP(=O)(OCC)C(C)(C)COS(=O)(=O)CCCS(=O)(=O)OCC(C)(C)P(=O)(OCC)OCC. The van der Waals surface area contributed by atoms with Crippen LogP contribution in [0.2, 0.25) is 0 Å². The highest BCUT2D eigenvalue weighted by molar-refractivity contribution is 7.87. The summed E-state index contributed by atoms with van der Waals surface area (Å²) in [6.07, 6.45) is -0.311. The van der Waals surface area contributed by atoms with Gasteiger partial charge in [0.2, 0.25) is 0 Å². The van der Waals surface area contributed by atoms with Crippen LogP contribution in [0.25, 0.3) is 0 Å². The van der Waals surface area contributed by atoms with Crippen LogP contribution in [0, 0.1) is 0 Å². The fraction of sp³-hybridized carbons (Fsp3) is 1.00. The zero-order valence-corrected chi connectivity index (χ0v) is 25.4. The molecule has 0 aliphatic heterocycles. The van der Waals surface area contributed by atoms with Crippen molar-refractivity contribution in [1.29, 1.82) is 0 Å². The maximum atomic E-state index is 12.9. The standard InChI is InChI=1S/C19H42O12P2S2/c1-9-26-32(20,27-10-2)18(5,6)16-30-34(22,23)14-13-15-35(24,25)31-17-19(7,8)33(21,28-11-3)29-12-4/h9-17H2,1-8H3. The van der Waals surface area contributed by atoms with Gasteiger partial charge in [-0.3, -0.25) is 17.5 Å². The molecule has 0 aromatic rings. The average molecular weight is 589 g/mol. The highest BCUT2D eigenvalue weighted by atomic mass is 32.2. The van der Waals surface area contributed by atoms with Crippen LogP contribution in [0.5, 0.6) is 0 Å². The monoisotopic (exact) mass is 588 g/mol. The molecule has 0 N–H and O–H groups in total. The summed E-state index contributed by atoms with van der Waals surface area (Å²) in [5, 5.41) is -2.52. The molecule has 0 unspecified atom stereocenters. The maximum Gasteiger partial charge on any atom is 0.338 e. The van der Waals surface area contributed by atoms with Crippen molar-refractivity contribution < 1.29 is 52.4 Å². The molecule has 0 fully saturated rings. The number of hydrogen-bond donors (Lipinski definition) is 0. The molecule has 0 bridgehead atoms. The van der Waals surface area contributed by atoms with E-state index in [4.69, 9.17) is 26.5 Å². The summed E-state index contributed by atoms with van der Waals surface area (Å²) in [6, 6.07) is 0. The predicted molar refractivity (Wildman–Crippen MR) is 134 cm³/mol. The first-order valence-corrected chi connectivity index (χ1v) is 17.6.